The monoisotopic (exact) mass is 388 g/mol. The lowest BCUT2D eigenvalue weighted by Crippen LogP contribution is -2.43. The van der Waals surface area contributed by atoms with Gasteiger partial charge in [0.25, 0.3) is 0 Å². The van der Waals surface area contributed by atoms with Gasteiger partial charge >= 0.3 is 6.03 Å². The van der Waals surface area contributed by atoms with Crippen LogP contribution in [-0.4, -0.2) is 33.0 Å². The summed E-state index contributed by atoms with van der Waals surface area (Å²) in [5.74, 6) is 0.397. The van der Waals surface area contributed by atoms with Crippen molar-refractivity contribution in [3.05, 3.63) is 34.3 Å². The Labute approximate surface area is 139 Å². The average Bonchev–Trinajstić information content (AvgIpc) is 2.35. The van der Waals surface area contributed by atoms with Gasteiger partial charge in [0.05, 0.1) is 11.8 Å². The summed E-state index contributed by atoms with van der Waals surface area (Å²) in [6.45, 7) is 0.127. The van der Waals surface area contributed by atoms with Gasteiger partial charge in [-0.2, -0.15) is 0 Å². The zero-order chi connectivity index (χ0) is 16.2. The van der Waals surface area contributed by atoms with Crippen LogP contribution in [0.1, 0.15) is 30.9 Å². The molecule has 0 aliphatic heterocycles. The number of carbonyl (C=O) groups excluding carboxylic acids is 1. The Morgan fingerprint density at radius 1 is 1.32 bits per heavy atom. The van der Waals surface area contributed by atoms with Gasteiger partial charge < -0.3 is 10.6 Å². The quantitative estimate of drug-likeness (QED) is 0.786. The van der Waals surface area contributed by atoms with Crippen LogP contribution in [-0.2, 0) is 9.84 Å². The van der Waals surface area contributed by atoms with Crippen LogP contribution >= 0.6 is 15.9 Å². The van der Waals surface area contributed by atoms with Gasteiger partial charge in [-0.25, -0.2) is 13.2 Å². The fourth-order valence-corrected chi connectivity index (χ4v) is 3.20. The average molecular weight is 389 g/mol. The number of halogens is 1. The maximum Gasteiger partial charge on any atom is 0.315 e. The van der Waals surface area contributed by atoms with E-state index in [2.05, 4.69) is 26.6 Å². The molecule has 1 saturated carbocycles. The van der Waals surface area contributed by atoms with Crippen LogP contribution in [0.2, 0.25) is 0 Å². The van der Waals surface area contributed by atoms with Crippen LogP contribution in [0.15, 0.2) is 28.7 Å². The third-order valence-electron chi connectivity index (χ3n) is 3.90. The van der Waals surface area contributed by atoms with Crippen molar-refractivity contribution in [2.45, 2.75) is 25.3 Å². The summed E-state index contributed by atoms with van der Waals surface area (Å²) >= 11 is 3.41. The molecule has 0 radical (unpaired) electrons. The van der Waals surface area contributed by atoms with E-state index in [1.807, 2.05) is 24.3 Å². The number of nitrogens with one attached hydrogen (secondary N) is 2. The minimum Gasteiger partial charge on any atom is -0.337 e. The van der Waals surface area contributed by atoms with Crippen molar-refractivity contribution in [2.75, 3.05) is 18.6 Å². The Morgan fingerprint density at radius 2 is 1.95 bits per heavy atom. The third kappa shape index (κ3) is 5.28. The first-order valence-corrected chi connectivity index (χ1v) is 10.2. The lowest BCUT2D eigenvalue weighted by atomic mass is 9.77. The van der Waals surface area contributed by atoms with Crippen molar-refractivity contribution in [3.8, 4) is 0 Å². The van der Waals surface area contributed by atoms with Gasteiger partial charge in [-0.15, -0.1) is 0 Å². The summed E-state index contributed by atoms with van der Waals surface area (Å²) in [5, 5.41) is 5.60. The summed E-state index contributed by atoms with van der Waals surface area (Å²) in [4.78, 5) is 12.0. The summed E-state index contributed by atoms with van der Waals surface area (Å²) < 4.78 is 23.2. The van der Waals surface area contributed by atoms with Gasteiger partial charge in [0, 0.05) is 17.3 Å². The first-order valence-electron chi connectivity index (χ1n) is 7.33. The number of urea groups is 1. The zero-order valence-electron chi connectivity index (χ0n) is 12.5. The van der Waals surface area contributed by atoms with Crippen molar-refractivity contribution in [3.63, 3.8) is 0 Å². The Hall–Kier alpha value is -1.08. The van der Waals surface area contributed by atoms with E-state index in [1.165, 1.54) is 6.42 Å². The van der Waals surface area contributed by atoms with E-state index in [0.717, 1.165) is 29.1 Å². The number of sulfone groups is 1. The Morgan fingerprint density at radius 3 is 2.45 bits per heavy atom. The number of amides is 2. The number of carbonyl (C=O) groups is 1. The van der Waals surface area contributed by atoms with E-state index >= 15 is 0 Å². The van der Waals surface area contributed by atoms with Crippen LogP contribution in [0.3, 0.4) is 0 Å². The second-order valence-electron chi connectivity index (χ2n) is 5.75. The predicted molar refractivity (Wildman–Crippen MR) is 90.5 cm³/mol. The van der Waals surface area contributed by atoms with Crippen molar-refractivity contribution in [1.29, 1.82) is 0 Å². The largest absolute Gasteiger partial charge is 0.337 e. The molecule has 0 saturated heterocycles. The highest BCUT2D eigenvalue weighted by molar-refractivity contribution is 9.10. The molecular formula is C15H21BrN2O3S. The molecule has 22 heavy (non-hydrogen) atoms. The molecule has 1 fully saturated rings. The number of rotatable bonds is 6. The number of benzene rings is 1. The number of hydrogen-bond acceptors (Lipinski definition) is 3. The molecule has 1 atom stereocenters. The molecule has 0 aromatic heterocycles. The van der Waals surface area contributed by atoms with Crippen molar-refractivity contribution < 1.29 is 13.2 Å². The SMILES string of the molecule is CS(=O)(=O)CCNC(=O)NC(c1ccc(Br)cc1)C1CCC1. The molecule has 2 rings (SSSR count). The van der Waals surface area contributed by atoms with E-state index in [0.29, 0.717) is 5.92 Å². The van der Waals surface area contributed by atoms with Crippen LogP contribution in [0.5, 0.6) is 0 Å². The van der Waals surface area contributed by atoms with Gasteiger partial charge in [0.15, 0.2) is 0 Å². The summed E-state index contributed by atoms with van der Waals surface area (Å²) in [6, 6.07) is 7.59. The van der Waals surface area contributed by atoms with E-state index in [-0.39, 0.29) is 24.4 Å². The minimum atomic E-state index is -3.06. The van der Waals surface area contributed by atoms with Gasteiger partial charge in [0.1, 0.15) is 9.84 Å². The molecule has 0 bridgehead atoms. The molecular weight excluding hydrogens is 368 g/mol. The van der Waals surface area contributed by atoms with Crippen molar-refractivity contribution in [2.24, 2.45) is 5.92 Å². The van der Waals surface area contributed by atoms with Crippen LogP contribution < -0.4 is 10.6 Å². The summed E-state index contributed by atoms with van der Waals surface area (Å²) in [5.41, 5.74) is 1.08. The first kappa shape index (κ1) is 17.3. The molecule has 2 amide bonds. The Bertz CT molecular complexity index is 612. The minimum absolute atomic E-state index is 0.0277. The Kier molecular flexibility index (Phi) is 5.86. The van der Waals surface area contributed by atoms with Crippen molar-refractivity contribution >= 4 is 31.8 Å². The zero-order valence-corrected chi connectivity index (χ0v) is 14.9. The van der Waals surface area contributed by atoms with Crippen LogP contribution in [0, 0.1) is 5.92 Å². The molecule has 1 aromatic carbocycles. The highest BCUT2D eigenvalue weighted by atomic mass is 79.9. The highest BCUT2D eigenvalue weighted by Crippen LogP contribution is 2.37. The lowest BCUT2D eigenvalue weighted by molar-refractivity contribution is 0.208. The molecule has 0 heterocycles. The lowest BCUT2D eigenvalue weighted by Gasteiger charge is -2.34. The Balaban J connectivity index is 1.95. The highest BCUT2D eigenvalue weighted by Gasteiger charge is 2.29. The maximum absolute atomic E-state index is 12.0. The van der Waals surface area contributed by atoms with Gasteiger partial charge in [-0.05, 0) is 36.5 Å². The van der Waals surface area contributed by atoms with Crippen LogP contribution in [0.25, 0.3) is 0 Å². The molecule has 122 valence electrons. The second kappa shape index (κ2) is 7.46. The third-order valence-corrected chi connectivity index (χ3v) is 5.37. The van der Waals surface area contributed by atoms with Gasteiger partial charge in [0.2, 0.25) is 0 Å². The normalized spacial score (nSPS) is 16.6. The molecule has 1 aliphatic rings. The van der Waals surface area contributed by atoms with Crippen molar-refractivity contribution in [1.82, 2.24) is 10.6 Å². The molecule has 1 aromatic rings. The molecule has 7 heteroatoms. The maximum atomic E-state index is 12.0. The van der Waals surface area contributed by atoms with Crippen LogP contribution in [0.4, 0.5) is 4.79 Å². The van der Waals surface area contributed by atoms with E-state index < -0.39 is 9.84 Å². The topological polar surface area (TPSA) is 75.3 Å². The second-order valence-corrected chi connectivity index (χ2v) is 8.93. The summed E-state index contributed by atoms with van der Waals surface area (Å²) in [6.07, 6.45) is 4.55. The van der Waals surface area contributed by atoms with Gasteiger partial charge in [-0.3, -0.25) is 0 Å². The first-order chi connectivity index (χ1) is 10.3. The van der Waals surface area contributed by atoms with E-state index in [1.54, 1.807) is 0 Å². The molecule has 1 unspecified atom stereocenters. The standard InChI is InChI=1S/C15H21BrN2O3S/c1-22(20,21)10-9-17-15(19)18-14(11-3-2-4-11)12-5-7-13(16)8-6-12/h5-8,11,14H,2-4,9-10H2,1H3,(H2,17,18,19). The van der Waals surface area contributed by atoms with E-state index in [9.17, 15) is 13.2 Å². The fourth-order valence-electron chi connectivity index (χ4n) is 2.46. The fraction of sp³-hybridized carbons (Fsp3) is 0.533. The molecule has 1 aliphatic carbocycles. The summed E-state index contributed by atoms with van der Waals surface area (Å²) in [7, 11) is -3.06. The smallest absolute Gasteiger partial charge is 0.315 e. The molecule has 5 nitrogen and oxygen atoms in total. The molecule has 2 N–H and O–H groups in total. The predicted octanol–water partition coefficient (Wildman–Crippen LogP) is 2.63. The van der Waals surface area contributed by atoms with E-state index in [4.69, 9.17) is 0 Å². The molecule has 0 spiro atoms. The van der Waals surface area contributed by atoms with Gasteiger partial charge in [-0.1, -0.05) is 34.5 Å². The number of hydrogen-bond donors (Lipinski definition) is 2.